The summed E-state index contributed by atoms with van der Waals surface area (Å²) >= 11 is 0. The Hall–Kier alpha value is -2.81. The van der Waals surface area contributed by atoms with E-state index < -0.39 is 33.5 Å². The number of methoxy groups -OCH3 is 1. The van der Waals surface area contributed by atoms with Gasteiger partial charge >= 0.3 is 6.18 Å². The van der Waals surface area contributed by atoms with E-state index in [0.717, 1.165) is 6.20 Å². The molecule has 0 radical (unpaired) electrons. The second-order valence-corrected chi connectivity index (χ2v) is 7.99. The number of nitrogens with zero attached hydrogens (tertiary/aromatic N) is 2. The molecule has 0 N–H and O–H groups in total. The van der Waals surface area contributed by atoms with Crippen molar-refractivity contribution in [3.05, 3.63) is 66.4 Å². The Morgan fingerprint density at radius 2 is 1.79 bits per heavy atom. The van der Waals surface area contributed by atoms with Crippen molar-refractivity contribution in [2.24, 2.45) is 0 Å². The highest BCUT2D eigenvalue weighted by Gasteiger charge is 2.34. The van der Waals surface area contributed by atoms with E-state index in [2.05, 4.69) is 4.98 Å². The number of hydrogen-bond donors (Lipinski definition) is 0. The minimum Gasteiger partial charge on any atom is -0.497 e. The fourth-order valence-corrected chi connectivity index (χ4v) is 4.28. The Balaban J connectivity index is 2.05. The molecule has 0 aliphatic rings. The number of sulfone groups is 1. The average molecular weight is 410 g/mol. The predicted molar refractivity (Wildman–Crippen MR) is 97.6 cm³/mol. The maximum atomic E-state index is 13.1. The second kappa shape index (κ2) is 7.67. The van der Waals surface area contributed by atoms with Gasteiger partial charge in [0.25, 0.3) is 0 Å². The van der Waals surface area contributed by atoms with Gasteiger partial charge in [0.15, 0.2) is 0 Å². The molecule has 28 heavy (non-hydrogen) atoms. The Bertz CT molecular complexity index is 1060. The highest BCUT2D eigenvalue weighted by atomic mass is 32.2. The van der Waals surface area contributed by atoms with E-state index in [9.17, 15) is 21.6 Å². The minimum absolute atomic E-state index is 0.0853. The molecule has 2 aromatic carbocycles. The van der Waals surface area contributed by atoms with E-state index in [4.69, 9.17) is 4.74 Å². The first-order valence-corrected chi connectivity index (χ1v) is 9.88. The second-order valence-electron chi connectivity index (χ2n) is 6.10. The zero-order chi connectivity index (χ0) is 20.4. The maximum Gasteiger partial charge on any atom is 0.406 e. The smallest absolute Gasteiger partial charge is 0.406 e. The molecule has 5 nitrogen and oxygen atoms in total. The highest BCUT2D eigenvalue weighted by Crippen LogP contribution is 2.29. The summed E-state index contributed by atoms with van der Waals surface area (Å²) in [5.74, 6) is -0.0378. The van der Waals surface area contributed by atoms with E-state index in [1.807, 2.05) is 0 Å². The van der Waals surface area contributed by atoms with E-state index >= 15 is 0 Å². The summed E-state index contributed by atoms with van der Waals surface area (Å²) in [4.78, 5) is 3.83. The van der Waals surface area contributed by atoms with Crippen molar-refractivity contribution in [3.63, 3.8) is 0 Å². The Labute approximate surface area is 160 Å². The normalized spacial score (nSPS) is 12.1. The number of hydrogen-bond acceptors (Lipinski definition) is 4. The summed E-state index contributed by atoms with van der Waals surface area (Å²) in [6, 6.07) is 14.6. The maximum absolute atomic E-state index is 13.1. The molecule has 0 atom stereocenters. The zero-order valence-corrected chi connectivity index (χ0v) is 15.7. The molecule has 0 unspecified atom stereocenters. The number of imidazole rings is 1. The van der Waals surface area contributed by atoms with E-state index in [1.54, 1.807) is 48.5 Å². The molecule has 0 saturated heterocycles. The third-order valence-electron chi connectivity index (χ3n) is 3.99. The summed E-state index contributed by atoms with van der Waals surface area (Å²) in [5.41, 5.74) is 0.923. The largest absolute Gasteiger partial charge is 0.497 e. The lowest BCUT2D eigenvalue weighted by Crippen LogP contribution is -2.22. The molecule has 0 bridgehead atoms. The van der Waals surface area contributed by atoms with Crippen LogP contribution >= 0.6 is 0 Å². The Morgan fingerprint density at radius 3 is 2.43 bits per heavy atom. The molecule has 0 amide bonds. The quantitative estimate of drug-likeness (QED) is 0.614. The first kappa shape index (κ1) is 19.9. The fraction of sp³-hybridized carbons (Fsp3) is 0.211. The number of halogens is 3. The number of alkyl halides is 3. The van der Waals surface area contributed by atoms with E-state index in [1.165, 1.54) is 13.2 Å². The van der Waals surface area contributed by atoms with Gasteiger partial charge in [0, 0.05) is 0 Å². The van der Waals surface area contributed by atoms with Crippen LogP contribution in [0.3, 0.4) is 0 Å². The number of benzene rings is 2. The van der Waals surface area contributed by atoms with E-state index in [-0.39, 0.29) is 5.69 Å². The molecule has 1 aromatic heterocycles. The van der Waals surface area contributed by atoms with Gasteiger partial charge in [-0.25, -0.2) is 13.4 Å². The molecule has 0 aliphatic heterocycles. The summed E-state index contributed by atoms with van der Waals surface area (Å²) in [6.07, 6.45) is -3.45. The summed E-state index contributed by atoms with van der Waals surface area (Å²) in [5, 5.41) is -0.619. The summed E-state index contributed by atoms with van der Waals surface area (Å²) < 4.78 is 70.9. The van der Waals surface area contributed by atoms with Crippen molar-refractivity contribution in [1.82, 2.24) is 9.55 Å². The van der Waals surface area contributed by atoms with Gasteiger partial charge in [-0.05, 0) is 23.3 Å². The Morgan fingerprint density at radius 1 is 1.07 bits per heavy atom. The van der Waals surface area contributed by atoms with E-state index in [0.29, 0.717) is 21.4 Å². The van der Waals surface area contributed by atoms with Crippen molar-refractivity contribution >= 4 is 9.84 Å². The van der Waals surface area contributed by atoms with Gasteiger partial charge < -0.3 is 9.30 Å². The van der Waals surface area contributed by atoms with Crippen LogP contribution in [0.2, 0.25) is 0 Å². The van der Waals surface area contributed by atoms with Crippen molar-refractivity contribution < 1.29 is 26.3 Å². The molecule has 0 aliphatic carbocycles. The highest BCUT2D eigenvalue weighted by molar-refractivity contribution is 7.90. The van der Waals surface area contributed by atoms with Gasteiger partial charge in [0.2, 0.25) is 15.0 Å². The van der Waals surface area contributed by atoms with Gasteiger partial charge in [-0.15, -0.1) is 0 Å². The van der Waals surface area contributed by atoms with Crippen LogP contribution in [0.5, 0.6) is 5.75 Å². The lowest BCUT2D eigenvalue weighted by atomic mass is 10.2. The van der Waals surface area contributed by atoms with Crippen LogP contribution in [-0.2, 0) is 22.1 Å². The molecule has 148 valence electrons. The monoisotopic (exact) mass is 410 g/mol. The van der Waals surface area contributed by atoms with Crippen molar-refractivity contribution in [2.45, 2.75) is 23.6 Å². The third-order valence-corrected chi connectivity index (χ3v) is 5.59. The zero-order valence-electron chi connectivity index (χ0n) is 14.8. The molecule has 3 rings (SSSR count). The van der Waals surface area contributed by atoms with Crippen LogP contribution in [0.25, 0.3) is 11.3 Å². The van der Waals surface area contributed by atoms with Crippen molar-refractivity contribution in [1.29, 1.82) is 0 Å². The van der Waals surface area contributed by atoms with Crippen LogP contribution in [0.15, 0.2) is 66.0 Å². The van der Waals surface area contributed by atoms with Gasteiger partial charge in [-0.1, -0.05) is 42.5 Å². The molecule has 0 spiro atoms. The number of aromatic nitrogens is 2. The van der Waals surface area contributed by atoms with Crippen LogP contribution < -0.4 is 4.74 Å². The van der Waals surface area contributed by atoms with Gasteiger partial charge in [-0.2, -0.15) is 13.2 Å². The first-order valence-electron chi connectivity index (χ1n) is 8.23. The molecule has 0 fully saturated rings. The van der Waals surface area contributed by atoms with Crippen LogP contribution in [-0.4, -0.2) is 31.3 Å². The molecule has 0 saturated carbocycles. The molecule has 3 aromatic rings. The average Bonchev–Trinajstić information content (AvgIpc) is 3.05. The Kier molecular flexibility index (Phi) is 5.46. The van der Waals surface area contributed by atoms with Gasteiger partial charge in [0.05, 0.1) is 24.8 Å². The van der Waals surface area contributed by atoms with Crippen LogP contribution in [0.4, 0.5) is 13.2 Å². The van der Waals surface area contributed by atoms with Crippen LogP contribution in [0, 0.1) is 0 Å². The van der Waals surface area contributed by atoms with Crippen molar-refractivity contribution in [2.75, 3.05) is 7.11 Å². The lowest BCUT2D eigenvalue weighted by Gasteiger charge is -2.14. The third kappa shape index (κ3) is 4.53. The number of ether oxygens (including phenoxy) is 1. The fourth-order valence-electron chi connectivity index (χ4n) is 2.82. The molecule has 1 heterocycles. The first-order chi connectivity index (χ1) is 13.2. The predicted octanol–water partition coefficient (Wildman–Crippen LogP) is 4.09. The summed E-state index contributed by atoms with van der Waals surface area (Å²) in [6.45, 7) is -1.45. The van der Waals surface area contributed by atoms with Gasteiger partial charge in [0.1, 0.15) is 12.3 Å². The van der Waals surface area contributed by atoms with Crippen molar-refractivity contribution in [3.8, 4) is 17.0 Å². The topological polar surface area (TPSA) is 61.2 Å². The van der Waals surface area contributed by atoms with Crippen LogP contribution in [0.1, 0.15) is 5.56 Å². The van der Waals surface area contributed by atoms with Gasteiger partial charge in [-0.3, -0.25) is 0 Å². The SMILES string of the molecule is COc1cccc(CS(=O)(=O)c2ncc(-c3ccccc3)n2CC(F)(F)F)c1. The number of rotatable bonds is 6. The standard InChI is InChI=1S/C19H17F3N2O3S/c1-27-16-9-5-6-14(10-16)12-28(25,26)18-23-11-17(15-7-3-2-4-8-15)24(18)13-19(20,21)22/h2-11H,12-13H2,1H3. The minimum atomic E-state index is -4.61. The molecular formula is C19H17F3N2O3S. The molecular weight excluding hydrogens is 393 g/mol. The molecule has 9 heteroatoms. The summed E-state index contributed by atoms with van der Waals surface area (Å²) in [7, 11) is -2.69. The lowest BCUT2D eigenvalue weighted by molar-refractivity contribution is -0.141.